The van der Waals surface area contributed by atoms with Gasteiger partial charge in [-0.3, -0.25) is 0 Å². The number of hydrogen-bond acceptors (Lipinski definition) is 22. The zero-order valence-corrected chi connectivity index (χ0v) is 86.8. The quantitative estimate of drug-likeness (QED) is 0.0390. The maximum atomic E-state index is 6.12. The molecule has 1 saturated carbocycles. The van der Waals surface area contributed by atoms with Gasteiger partial charge >= 0.3 is 0 Å². The molecule has 22 nitrogen and oxygen atoms in total. The van der Waals surface area contributed by atoms with Crippen LogP contribution < -0.4 is 65.4 Å². The Balaban J connectivity index is 1.20. The molecule has 125 heavy (non-hydrogen) atoms. The lowest BCUT2D eigenvalue weighted by Gasteiger charge is -2.51. The average Bonchev–Trinajstić information content (AvgIpc) is 0.769. The molecule has 22 heteroatoms. The Kier molecular flexibility index (Phi) is 40.0. The molecular formula is C103H196N22. The third-order valence-corrected chi connectivity index (χ3v) is 27.7. The van der Waals surface area contributed by atoms with Crippen LogP contribution >= 0.6 is 0 Å². The van der Waals surface area contributed by atoms with Crippen LogP contribution in [0.4, 0.5) is 53.5 Å². The van der Waals surface area contributed by atoms with E-state index in [1.165, 1.54) is 6.42 Å². The lowest BCUT2D eigenvalue weighted by atomic mass is 9.63. The molecule has 4 N–H and O–H groups in total. The van der Waals surface area contributed by atoms with E-state index in [2.05, 4.69) is 266 Å². The van der Waals surface area contributed by atoms with Gasteiger partial charge in [0.15, 0.2) is 0 Å². The molecule has 3 aromatic heterocycles. The number of rotatable bonds is 55. The Labute approximate surface area is 768 Å². The number of aromatic nitrogens is 9. The van der Waals surface area contributed by atoms with Gasteiger partial charge in [0.2, 0.25) is 53.5 Å². The first-order valence-corrected chi connectivity index (χ1v) is 52.1. The van der Waals surface area contributed by atoms with Gasteiger partial charge in [0.1, 0.15) is 0 Å². The van der Waals surface area contributed by atoms with Crippen molar-refractivity contribution in [3.63, 3.8) is 0 Å². The Morgan fingerprint density at radius 1 is 0.192 bits per heavy atom. The predicted molar refractivity (Wildman–Crippen MR) is 539 cm³/mol. The smallest absolute Gasteiger partial charge is 0.232 e. The maximum absolute atomic E-state index is 6.12. The van der Waals surface area contributed by atoms with Gasteiger partial charge in [0, 0.05) is 160 Å². The minimum absolute atomic E-state index is 0.0655. The van der Waals surface area contributed by atoms with Crippen molar-refractivity contribution in [1.29, 1.82) is 0 Å². The van der Waals surface area contributed by atoms with Crippen LogP contribution in [0.5, 0.6) is 0 Å². The van der Waals surface area contributed by atoms with E-state index in [1.54, 1.807) is 0 Å². The monoisotopic (exact) mass is 1740 g/mol. The molecule has 5 fully saturated rings. The van der Waals surface area contributed by atoms with E-state index in [9.17, 15) is 0 Å². The molecule has 1 aliphatic carbocycles. The van der Waals surface area contributed by atoms with Gasteiger partial charge in [-0.2, -0.15) is 44.9 Å². The summed E-state index contributed by atoms with van der Waals surface area (Å²) >= 11 is 0. The first-order chi connectivity index (χ1) is 58.8. The normalized spacial score (nSPS) is 20.3. The molecule has 718 valence electrons. The highest BCUT2D eigenvalue weighted by Crippen LogP contribution is 2.49. The number of nitrogens with one attached hydrogen (secondary N) is 4. The molecule has 0 amide bonds. The third-order valence-electron chi connectivity index (χ3n) is 27.7. The molecule has 0 radical (unpaired) electrons. The van der Waals surface area contributed by atoms with E-state index in [0.29, 0.717) is 6.04 Å². The first kappa shape index (κ1) is 105. The van der Waals surface area contributed by atoms with Gasteiger partial charge in [0.25, 0.3) is 0 Å². The summed E-state index contributed by atoms with van der Waals surface area (Å²) in [4.78, 5) is 75.5. The summed E-state index contributed by atoms with van der Waals surface area (Å²) in [5.74, 6) is 7.78. The predicted octanol–water partition coefficient (Wildman–Crippen LogP) is 23.1. The summed E-state index contributed by atoms with van der Waals surface area (Å²) < 4.78 is 0. The molecular weight excluding hydrogens is 1550 g/mol. The molecule has 0 aromatic carbocycles. The summed E-state index contributed by atoms with van der Waals surface area (Å²) in [6.45, 7) is 81.7. The molecule has 0 atom stereocenters. The number of anilines is 9. The molecule has 8 rings (SSSR count). The molecule has 5 aliphatic rings. The standard InChI is InChI=1S/C103H196N22/c1-30-39-56-117(57-40-31-2)85-104-86(118(58-41-32-3)59-42-33-4)107-89(106-85)122(80-69-94(10,11)79-95(12,13)70-80)65-52-48-49-54-67-124(83-75-100(22,23)115-101(24,25)76-83)92-110-91(121(64-47-38-9)81-71-96(14,15)113-97(16,17)72-81)111-93(112-92)125(84-77-102(26,27)116-103(28,29)78-84)68-55-51-50-53-66-123(82-73-98(18,19)114-99(20,21)74-82)90-108-87(119(60-43-34-5)61-44-35-6)105-88(109-90)120(62-45-36-7)63-46-37-8/h80-84,113-116H,30-79H2,1-29H3. The van der Waals surface area contributed by atoms with Crippen molar-refractivity contribution in [3.8, 4) is 0 Å². The summed E-state index contributed by atoms with van der Waals surface area (Å²) in [7, 11) is 0. The second kappa shape index (κ2) is 47.4. The van der Waals surface area contributed by atoms with Crippen molar-refractivity contribution in [2.24, 2.45) is 10.8 Å². The fourth-order valence-corrected chi connectivity index (χ4v) is 23.6. The summed E-state index contributed by atoms with van der Waals surface area (Å²) in [6.07, 6.45) is 40.0. The van der Waals surface area contributed by atoms with Crippen LogP contribution in [0.3, 0.4) is 0 Å². The Hall–Kier alpha value is -4.93. The van der Waals surface area contributed by atoms with Crippen molar-refractivity contribution in [2.75, 3.05) is 129 Å². The molecule has 0 unspecified atom stereocenters. The van der Waals surface area contributed by atoms with E-state index >= 15 is 0 Å². The van der Waals surface area contributed by atoms with Crippen LogP contribution in [0, 0.1) is 10.8 Å². The summed E-state index contributed by atoms with van der Waals surface area (Å²) in [6, 6.07) is 1.18. The van der Waals surface area contributed by atoms with Crippen molar-refractivity contribution in [1.82, 2.24) is 66.1 Å². The van der Waals surface area contributed by atoms with Gasteiger partial charge in [-0.05, 0) is 276 Å². The second-order valence-corrected chi connectivity index (χ2v) is 47.0. The second-order valence-electron chi connectivity index (χ2n) is 47.0. The number of hydrogen-bond donors (Lipinski definition) is 4. The minimum atomic E-state index is -0.117. The zero-order chi connectivity index (χ0) is 91.8. The Bertz CT molecular complexity index is 3210. The van der Waals surface area contributed by atoms with E-state index in [-0.39, 0.29) is 79.3 Å². The highest BCUT2D eigenvalue weighted by molar-refractivity contribution is 5.52. The molecule has 4 aliphatic heterocycles. The van der Waals surface area contributed by atoms with Gasteiger partial charge in [-0.25, -0.2) is 0 Å². The van der Waals surface area contributed by atoms with E-state index in [1.807, 2.05) is 0 Å². The number of piperidine rings is 4. The van der Waals surface area contributed by atoms with Crippen LogP contribution in [0.25, 0.3) is 0 Å². The molecule has 7 heterocycles. The SMILES string of the molecule is CCCCN(CCCC)c1nc(N(CCCC)CCCC)nc(N(CCCCCCN(c2nc(N(CCCC)C3CC(C)(C)NC(C)(C)C3)nc(N(CCCCCCN(c3nc(N(CCCC)CCCC)nc(N(CCCC)CCCC)n3)C3CC(C)(C)NC(C)(C)C3)C3CC(C)(C)NC(C)(C)C3)n2)C2CC(C)(C)NC(C)(C)C2)C2CC(C)(C)CC(C)(C)C2)n1. The van der Waals surface area contributed by atoms with Crippen LogP contribution in [0.1, 0.15) is 438 Å². The van der Waals surface area contributed by atoms with Crippen molar-refractivity contribution < 1.29 is 0 Å². The van der Waals surface area contributed by atoms with E-state index < -0.39 is 0 Å². The van der Waals surface area contributed by atoms with Crippen molar-refractivity contribution in [2.45, 2.75) is 513 Å². The van der Waals surface area contributed by atoms with E-state index in [4.69, 9.17) is 44.9 Å². The number of unbranched alkanes of at least 4 members (excludes halogenated alkanes) is 15. The first-order valence-electron chi connectivity index (χ1n) is 52.1. The lowest BCUT2D eigenvalue weighted by Crippen LogP contribution is -2.63. The fourth-order valence-electron chi connectivity index (χ4n) is 23.6. The molecule has 3 aromatic rings. The fraction of sp³-hybridized carbons (Fsp3) is 0.913. The van der Waals surface area contributed by atoms with Gasteiger partial charge in [-0.1, -0.05) is 173 Å². The van der Waals surface area contributed by atoms with Crippen LogP contribution in [-0.2, 0) is 0 Å². The highest BCUT2D eigenvalue weighted by Gasteiger charge is 2.48. The Morgan fingerprint density at radius 2 is 0.336 bits per heavy atom. The zero-order valence-electron chi connectivity index (χ0n) is 86.8. The largest absolute Gasteiger partial charge is 0.341 e. The van der Waals surface area contributed by atoms with Crippen LogP contribution in [0.2, 0.25) is 0 Å². The molecule has 0 bridgehead atoms. The molecule has 0 spiro atoms. The average molecular weight is 1740 g/mol. The van der Waals surface area contributed by atoms with Gasteiger partial charge < -0.3 is 65.4 Å². The minimum Gasteiger partial charge on any atom is -0.341 e. The van der Waals surface area contributed by atoms with E-state index in [0.717, 1.165) is 370 Å². The van der Waals surface area contributed by atoms with Crippen LogP contribution in [0.15, 0.2) is 0 Å². The molecule has 4 saturated heterocycles. The lowest BCUT2D eigenvalue weighted by molar-refractivity contribution is 0.0946. The Morgan fingerprint density at radius 3 is 0.512 bits per heavy atom. The number of nitrogens with zero attached hydrogens (tertiary/aromatic N) is 18. The maximum Gasteiger partial charge on any atom is 0.232 e. The topological polar surface area (TPSA) is 193 Å². The third kappa shape index (κ3) is 33.4. The summed E-state index contributed by atoms with van der Waals surface area (Å²) in [5.41, 5.74) is -0.395. The van der Waals surface area contributed by atoms with Crippen LogP contribution in [-0.4, -0.2) is 204 Å². The van der Waals surface area contributed by atoms with Gasteiger partial charge in [-0.15, -0.1) is 0 Å². The van der Waals surface area contributed by atoms with Crippen molar-refractivity contribution >= 4 is 53.5 Å². The van der Waals surface area contributed by atoms with Crippen molar-refractivity contribution in [3.05, 3.63) is 0 Å². The highest BCUT2D eigenvalue weighted by atomic mass is 15.4. The van der Waals surface area contributed by atoms with Gasteiger partial charge in [0.05, 0.1) is 0 Å². The summed E-state index contributed by atoms with van der Waals surface area (Å²) in [5, 5.41) is 16.4.